The SMILES string of the molecule is COCC1CCC(COC(=O)c2cccc(C(=O)OCCOCCOC(=O)c3cccc(C(C)=O)c3)c2)CC1.O=[S-](=O)O.[Na+]. The Morgan fingerprint density at radius 3 is 1.52 bits per heavy atom. The Hall–Kier alpha value is -2.65. The molecule has 0 spiro atoms. The molecule has 236 valence electrons. The zero-order valence-corrected chi connectivity index (χ0v) is 28.0. The fourth-order valence-electron chi connectivity index (χ4n) is 4.37. The molecule has 0 atom stereocenters. The Labute approximate surface area is 280 Å². The summed E-state index contributed by atoms with van der Waals surface area (Å²) < 4.78 is 50.5. The van der Waals surface area contributed by atoms with Crippen LogP contribution in [0.15, 0.2) is 48.5 Å². The standard InChI is InChI=1S/C30H36O9.Na.HO3S/c1-21(31)24-5-3-6-25(17-24)28(32)37-15-13-36-14-16-38-29(33)26-7-4-8-27(18-26)30(34)39-20-23-11-9-22(10-12-23)19-35-2;;1-4(2)3/h3-8,17-18,22-23H,9-16,19-20H2,1-2H3;;(H,1,2,3)/q;+1;-1. The normalized spacial score (nSPS) is 15.6. The Balaban J connectivity index is 0.00000182. The van der Waals surface area contributed by atoms with Gasteiger partial charge in [0.1, 0.15) is 13.2 Å². The molecule has 1 aliphatic rings. The molecule has 3 rings (SSSR count). The van der Waals surface area contributed by atoms with Gasteiger partial charge in [-0.25, -0.2) is 14.4 Å². The van der Waals surface area contributed by atoms with Gasteiger partial charge in [0.25, 0.3) is 0 Å². The van der Waals surface area contributed by atoms with Crippen molar-refractivity contribution in [2.45, 2.75) is 32.6 Å². The van der Waals surface area contributed by atoms with Crippen LogP contribution >= 0.6 is 0 Å². The van der Waals surface area contributed by atoms with Gasteiger partial charge in [0, 0.05) is 30.3 Å². The van der Waals surface area contributed by atoms with E-state index < -0.39 is 28.9 Å². The van der Waals surface area contributed by atoms with Crippen LogP contribution in [0.4, 0.5) is 0 Å². The molecule has 14 heteroatoms. The van der Waals surface area contributed by atoms with Crippen molar-refractivity contribution in [3.05, 3.63) is 70.8 Å². The number of Topliss-reactive ketones (excluding diaryl/α,β-unsaturated/α-hetero) is 1. The minimum absolute atomic E-state index is 0. The number of hydrogen-bond acceptors (Lipinski definition) is 12. The van der Waals surface area contributed by atoms with Crippen molar-refractivity contribution in [3.8, 4) is 0 Å². The van der Waals surface area contributed by atoms with Crippen molar-refractivity contribution in [2.75, 3.05) is 46.8 Å². The van der Waals surface area contributed by atoms with E-state index in [-0.39, 0.29) is 72.9 Å². The smallest absolute Gasteiger partial charge is 0.462 e. The minimum atomic E-state index is -2.86. The molecule has 1 fully saturated rings. The molecule has 12 nitrogen and oxygen atoms in total. The van der Waals surface area contributed by atoms with E-state index in [1.54, 1.807) is 43.5 Å². The molecular weight excluding hydrogens is 607 g/mol. The van der Waals surface area contributed by atoms with Gasteiger partial charge >= 0.3 is 47.5 Å². The summed E-state index contributed by atoms with van der Waals surface area (Å²) in [4.78, 5) is 48.4. The molecule has 0 bridgehead atoms. The van der Waals surface area contributed by atoms with E-state index in [4.69, 9.17) is 36.7 Å². The Kier molecular flexibility index (Phi) is 19.6. The molecule has 0 saturated heterocycles. The van der Waals surface area contributed by atoms with Crippen LogP contribution in [0.5, 0.6) is 0 Å². The van der Waals surface area contributed by atoms with Crippen molar-refractivity contribution in [1.29, 1.82) is 0 Å². The van der Waals surface area contributed by atoms with Gasteiger partial charge in [0.05, 0.1) is 36.5 Å². The molecule has 0 aromatic heterocycles. The maximum atomic E-state index is 12.5. The summed E-state index contributed by atoms with van der Waals surface area (Å²) >= 11 is 0. The number of esters is 3. The summed E-state index contributed by atoms with van der Waals surface area (Å²) in [5.41, 5.74) is 1.25. The van der Waals surface area contributed by atoms with Crippen molar-refractivity contribution < 1.29 is 85.4 Å². The van der Waals surface area contributed by atoms with Crippen LogP contribution in [0, 0.1) is 11.8 Å². The number of carbonyl (C=O) groups is 4. The second-order valence-corrected chi connectivity index (χ2v) is 10.2. The summed E-state index contributed by atoms with van der Waals surface area (Å²) in [5.74, 6) is -0.815. The molecule has 2 aromatic carbocycles. The Morgan fingerprint density at radius 1 is 0.705 bits per heavy atom. The first-order chi connectivity index (χ1) is 20.6. The maximum Gasteiger partial charge on any atom is 1.00 e. The maximum absolute atomic E-state index is 12.5. The van der Waals surface area contributed by atoms with Crippen LogP contribution in [-0.4, -0.2) is 75.0 Å². The number of benzene rings is 2. The average Bonchev–Trinajstić information content (AvgIpc) is 2.99. The van der Waals surface area contributed by atoms with Crippen LogP contribution in [-0.2, 0) is 43.1 Å². The van der Waals surface area contributed by atoms with E-state index >= 15 is 0 Å². The Morgan fingerprint density at radius 2 is 1.09 bits per heavy atom. The first-order valence-corrected chi connectivity index (χ1v) is 14.7. The Bertz CT molecular complexity index is 1280. The summed E-state index contributed by atoms with van der Waals surface area (Å²) in [6.45, 7) is 2.79. The van der Waals surface area contributed by atoms with Gasteiger partial charge in [-0.15, -0.1) is 0 Å². The van der Waals surface area contributed by atoms with E-state index in [9.17, 15) is 19.2 Å². The number of rotatable bonds is 14. The van der Waals surface area contributed by atoms with Gasteiger partial charge < -0.3 is 36.7 Å². The molecular formula is C30H37NaO12S. The van der Waals surface area contributed by atoms with Gasteiger partial charge in [0.2, 0.25) is 0 Å². The minimum Gasteiger partial charge on any atom is -0.462 e. The fraction of sp³-hybridized carbons (Fsp3) is 0.467. The van der Waals surface area contributed by atoms with Gasteiger partial charge in [-0.05, 0) is 74.8 Å². The number of ketones is 1. The van der Waals surface area contributed by atoms with Crippen molar-refractivity contribution in [2.24, 2.45) is 11.8 Å². The van der Waals surface area contributed by atoms with E-state index in [0.717, 1.165) is 32.3 Å². The third-order valence-electron chi connectivity index (χ3n) is 6.58. The van der Waals surface area contributed by atoms with E-state index in [2.05, 4.69) is 0 Å². The van der Waals surface area contributed by atoms with Crippen molar-refractivity contribution >= 4 is 34.7 Å². The van der Waals surface area contributed by atoms with Crippen LogP contribution in [0.2, 0.25) is 0 Å². The monoisotopic (exact) mass is 644 g/mol. The van der Waals surface area contributed by atoms with Gasteiger partial charge in [-0.3, -0.25) is 4.79 Å². The second kappa shape index (κ2) is 22.0. The first-order valence-electron chi connectivity index (χ1n) is 13.7. The second-order valence-electron chi connectivity index (χ2n) is 9.76. The van der Waals surface area contributed by atoms with Crippen molar-refractivity contribution in [1.82, 2.24) is 0 Å². The van der Waals surface area contributed by atoms with E-state index in [0.29, 0.717) is 29.6 Å². The van der Waals surface area contributed by atoms with Gasteiger partial charge in [0.15, 0.2) is 5.78 Å². The number of carbonyl (C=O) groups excluding carboxylic acids is 4. The topological polar surface area (TPSA) is 169 Å². The fourth-order valence-corrected chi connectivity index (χ4v) is 4.37. The quantitative estimate of drug-likeness (QED) is 0.0458. The molecule has 1 saturated carbocycles. The molecule has 0 amide bonds. The third-order valence-corrected chi connectivity index (χ3v) is 6.58. The predicted octanol–water partition coefficient (Wildman–Crippen LogP) is 1.30. The summed E-state index contributed by atoms with van der Waals surface area (Å²) in [6.07, 6.45) is 4.16. The molecule has 0 radical (unpaired) electrons. The molecule has 1 aliphatic carbocycles. The third kappa shape index (κ3) is 15.4. The van der Waals surface area contributed by atoms with Crippen LogP contribution in [0.1, 0.15) is 74.0 Å². The van der Waals surface area contributed by atoms with Crippen LogP contribution in [0.3, 0.4) is 0 Å². The largest absolute Gasteiger partial charge is 1.00 e. The molecule has 0 aliphatic heterocycles. The van der Waals surface area contributed by atoms with E-state index in [1.165, 1.54) is 19.1 Å². The van der Waals surface area contributed by atoms with Gasteiger partial charge in [-0.1, -0.05) is 18.2 Å². The number of hydrogen-bond donors (Lipinski definition) is 1. The summed E-state index contributed by atoms with van der Waals surface area (Å²) in [6, 6.07) is 12.5. The van der Waals surface area contributed by atoms with E-state index in [1.807, 2.05) is 0 Å². The summed E-state index contributed by atoms with van der Waals surface area (Å²) in [7, 11) is -1.14. The first kappa shape index (κ1) is 39.4. The molecule has 2 aromatic rings. The zero-order valence-electron chi connectivity index (χ0n) is 25.2. The molecule has 0 heterocycles. The predicted molar refractivity (Wildman–Crippen MR) is 153 cm³/mol. The van der Waals surface area contributed by atoms with Gasteiger partial charge in [-0.2, -0.15) is 0 Å². The number of ether oxygens (including phenoxy) is 5. The summed E-state index contributed by atoms with van der Waals surface area (Å²) in [5, 5.41) is 0. The van der Waals surface area contributed by atoms with Crippen molar-refractivity contribution in [3.63, 3.8) is 0 Å². The van der Waals surface area contributed by atoms with Crippen LogP contribution < -0.4 is 29.6 Å². The number of methoxy groups -OCH3 is 1. The zero-order chi connectivity index (χ0) is 31.6. The van der Waals surface area contributed by atoms with Crippen LogP contribution in [0.25, 0.3) is 0 Å². The molecule has 0 unspecified atom stereocenters. The molecule has 44 heavy (non-hydrogen) atoms. The molecule has 1 N–H and O–H groups in total. The average molecular weight is 645 g/mol.